The minimum Gasteiger partial charge on any atom is -0.359 e. The highest BCUT2D eigenvalue weighted by Crippen LogP contribution is 2.36. The average Bonchev–Trinajstić information content (AvgIpc) is 3.47. The van der Waals surface area contributed by atoms with Crippen molar-refractivity contribution in [3.05, 3.63) is 72.7 Å². The maximum atomic E-state index is 12.5. The molecule has 0 fully saturated rings. The van der Waals surface area contributed by atoms with E-state index in [1.54, 1.807) is 30.2 Å². The summed E-state index contributed by atoms with van der Waals surface area (Å²) in [6, 6.07) is 17.0. The number of hydrogen-bond donors (Lipinski definition) is 3. The van der Waals surface area contributed by atoms with Crippen LogP contribution in [0.25, 0.3) is 21.1 Å². The summed E-state index contributed by atoms with van der Waals surface area (Å²) in [7, 11) is 0. The Labute approximate surface area is 175 Å². The maximum Gasteiger partial charge on any atom is 0.273 e. The monoisotopic (exact) mass is 415 g/mol. The van der Waals surface area contributed by atoms with Crippen molar-refractivity contribution < 1.29 is 9.59 Å². The van der Waals surface area contributed by atoms with E-state index in [-0.39, 0.29) is 11.8 Å². The summed E-state index contributed by atoms with van der Waals surface area (Å²) in [6.07, 6.45) is 3.53. The SMILES string of the molecule is CC(=O)N(c1ccc2nc(NC(=O)c3ccc[nH]3)sc2c1)c1c[nH]c2ccccc12. The molecule has 30 heavy (non-hydrogen) atoms. The van der Waals surface area contributed by atoms with E-state index in [2.05, 4.69) is 20.3 Å². The van der Waals surface area contributed by atoms with Crippen LogP contribution in [0.3, 0.4) is 0 Å². The molecule has 0 saturated carbocycles. The third-order valence-electron chi connectivity index (χ3n) is 4.82. The lowest BCUT2D eigenvalue weighted by atomic mass is 10.2. The Balaban J connectivity index is 1.51. The average molecular weight is 415 g/mol. The summed E-state index contributed by atoms with van der Waals surface area (Å²) < 4.78 is 0.875. The van der Waals surface area contributed by atoms with Crippen molar-refractivity contribution >= 4 is 60.8 Å². The van der Waals surface area contributed by atoms with Gasteiger partial charge in [0.2, 0.25) is 5.91 Å². The second-order valence-electron chi connectivity index (χ2n) is 6.78. The van der Waals surface area contributed by atoms with E-state index in [9.17, 15) is 9.59 Å². The molecule has 0 atom stereocenters. The van der Waals surface area contributed by atoms with Crippen LogP contribution >= 0.6 is 11.3 Å². The minimum absolute atomic E-state index is 0.0936. The van der Waals surface area contributed by atoms with Gasteiger partial charge in [-0.25, -0.2) is 4.98 Å². The Kier molecular flexibility index (Phi) is 4.33. The van der Waals surface area contributed by atoms with Gasteiger partial charge in [-0.05, 0) is 36.4 Å². The number of carbonyl (C=O) groups excluding carboxylic acids is 2. The fourth-order valence-electron chi connectivity index (χ4n) is 3.47. The Morgan fingerprint density at radius 1 is 1.07 bits per heavy atom. The van der Waals surface area contributed by atoms with Crippen molar-refractivity contribution in [2.24, 2.45) is 0 Å². The van der Waals surface area contributed by atoms with E-state index < -0.39 is 0 Å². The Hall–Kier alpha value is -3.91. The summed E-state index contributed by atoms with van der Waals surface area (Å²) in [5.74, 6) is -0.340. The highest BCUT2D eigenvalue weighted by molar-refractivity contribution is 7.22. The molecule has 148 valence electrons. The number of carbonyl (C=O) groups is 2. The molecule has 5 rings (SSSR count). The highest BCUT2D eigenvalue weighted by atomic mass is 32.1. The van der Waals surface area contributed by atoms with Gasteiger partial charge in [0.25, 0.3) is 5.91 Å². The predicted molar refractivity (Wildman–Crippen MR) is 119 cm³/mol. The Morgan fingerprint density at radius 2 is 1.93 bits per heavy atom. The van der Waals surface area contributed by atoms with Crippen LogP contribution in [0.5, 0.6) is 0 Å². The van der Waals surface area contributed by atoms with Crippen LogP contribution in [0, 0.1) is 0 Å². The molecule has 0 aliphatic carbocycles. The quantitative estimate of drug-likeness (QED) is 0.384. The number of H-pyrrole nitrogens is 2. The van der Waals surface area contributed by atoms with Crippen molar-refractivity contribution in [1.82, 2.24) is 15.0 Å². The number of thiazole rings is 1. The van der Waals surface area contributed by atoms with Crippen LogP contribution in [-0.4, -0.2) is 26.8 Å². The van der Waals surface area contributed by atoms with Gasteiger partial charge >= 0.3 is 0 Å². The first-order valence-electron chi connectivity index (χ1n) is 9.32. The third kappa shape index (κ3) is 3.13. The summed E-state index contributed by atoms with van der Waals surface area (Å²) in [5, 5.41) is 4.28. The fourth-order valence-corrected chi connectivity index (χ4v) is 4.37. The normalized spacial score (nSPS) is 11.1. The largest absolute Gasteiger partial charge is 0.359 e. The molecular weight excluding hydrogens is 398 g/mol. The van der Waals surface area contributed by atoms with E-state index in [0.717, 1.165) is 32.5 Å². The number of para-hydroxylation sites is 1. The molecule has 0 unspecified atom stereocenters. The number of nitrogens with one attached hydrogen (secondary N) is 3. The van der Waals surface area contributed by atoms with Crippen LogP contribution < -0.4 is 10.2 Å². The molecule has 3 N–H and O–H groups in total. The molecule has 2 amide bonds. The number of aromatic amines is 2. The summed E-state index contributed by atoms with van der Waals surface area (Å²) >= 11 is 1.36. The molecule has 2 aromatic carbocycles. The molecule has 3 heterocycles. The Bertz CT molecular complexity index is 1380. The second-order valence-corrected chi connectivity index (χ2v) is 7.81. The number of anilines is 3. The fraction of sp³-hybridized carbons (Fsp3) is 0.0455. The first kappa shape index (κ1) is 18.1. The molecule has 0 aliphatic rings. The molecule has 0 spiro atoms. The molecule has 0 saturated heterocycles. The van der Waals surface area contributed by atoms with E-state index >= 15 is 0 Å². The van der Waals surface area contributed by atoms with Gasteiger partial charge in [0.05, 0.1) is 21.6 Å². The number of benzene rings is 2. The van der Waals surface area contributed by atoms with Gasteiger partial charge in [-0.1, -0.05) is 29.5 Å². The topological polar surface area (TPSA) is 93.9 Å². The number of nitrogens with zero attached hydrogens (tertiary/aromatic N) is 2. The van der Waals surface area contributed by atoms with E-state index in [4.69, 9.17) is 0 Å². The first-order chi connectivity index (χ1) is 14.6. The van der Waals surface area contributed by atoms with Gasteiger partial charge in [-0.2, -0.15) is 0 Å². The van der Waals surface area contributed by atoms with Crippen LogP contribution in [0.2, 0.25) is 0 Å². The van der Waals surface area contributed by atoms with Crippen molar-refractivity contribution in [2.75, 3.05) is 10.2 Å². The van der Waals surface area contributed by atoms with Gasteiger partial charge in [0.15, 0.2) is 5.13 Å². The van der Waals surface area contributed by atoms with Crippen molar-refractivity contribution in [3.63, 3.8) is 0 Å². The van der Waals surface area contributed by atoms with Crippen LogP contribution in [0.15, 0.2) is 67.0 Å². The Morgan fingerprint density at radius 3 is 2.73 bits per heavy atom. The van der Waals surface area contributed by atoms with Gasteiger partial charge in [0.1, 0.15) is 5.69 Å². The van der Waals surface area contributed by atoms with Gasteiger partial charge < -0.3 is 9.97 Å². The van der Waals surface area contributed by atoms with Crippen molar-refractivity contribution in [2.45, 2.75) is 6.92 Å². The zero-order valence-electron chi connectivity index (χ0n) is 16.0. The molecule has 0 aliphatic heterocycles. The van der Waals surface area contributed by atoms with E-state index in [0.29, 0.717) is 10.8 Å². The van der Waals surface area contributed by atoms with E-state index in [1.165, 1.54) is 11.3 Å². The molecule has 7 nitrogen and oxygen atoms in total. The van der Waals surface area contributed by atoms with Gasteiger partial charge in [-0.15, -0.1) is 0 Å². The lowest BCUT2D eigenvalue weighted by Gasteiger charge is -2.20. The molecule has 5 aromatic rings. The van der Waals surface area contributed by atoms with Gasteiger partial charge in [-0.3, -0.25) is 19.8 Å². The van der Waals surface area contributed by atoms with Crippen molar-refractivity contribution in [3.8, 4) is 0 Å². The lowest BCUT2D eigenvalue weighted by Crippen LogP contribution is -2.22. The number of aromatic nitrogens is 3. The van der Waals surface area contributed by atoms with Gasteiger partial charge in [0, 0.05) is 30.2 Å². The standard InChI is InChI=1S/C22H17N5O2S/c1-13(28)27(19-12-24-16-6-3-2-5-15(16)19)14-8-9-17-20(11-14)30-22(25-17)26-21(29)18-7-4-10-23-18/h2-12,23-24H,1H3,(H,25,26,29). The molecule has 0 radical (unpaired) electrons. The summed E-state index contributed by atoms with van der Waals surface area (Å²) in [6.45, 7) is 1.54. The smallest absolute Gasteiger partial charge is 0.273 e. The zero-order valence-corrected chi connectivity index (χ0v) is 16.8. The van der Waals surface area contributed by atoms with E-state index in [1.807, 2.05) is 48.7 Å². The lowest BCUT2D eigenvalue weighted by molar-refractivity contribution is -0.115. The third-order valence-corrected chi connectivity index (χ3v) is 5.75. The molecule has 3 aromatic heterocycles. The highest BCUT2D eigenvalue weighted by Gasteiger charge is 2.19. The number of amides is 2. The predicted octanol–water partition coefficient (Wildman–Crippen LogP) is 5.04. The number of fused-ring (bicyclic) bond motifs is 2. The van der Waals surface area contributed by atoms with Crippen molar-refractivity contribution in [1.29, 1.82) is 0 Å². The zero-order chi connectivity index (χ0) is 20.7. The minimum atomic E-state index is -0.247. The van der Waals surface area contributed by atoms with Crippen LogP contribution in [0.4, 0.5) is 16.5 Å². The summed E-state index contributed by atoms with van der Waals surface area (Å²) in [4.78, 5) is 37.1. The molecular formula is C22H17N5O2S. The first-order valence-corrected chi connectivity index (χ1v) is 10.1. The molecule has 0 bridgehead atoms. The maximum absolute atomic E-state index is 12.5. The number of rotatable bonds is 4. The second kappa shape index (κ2) is 7.16. The van der Waals surface area contributed by atoms with Crippen LogP contribution in [-0.2, 0) is 4.79 Å². The molecule has 8 heteroatoms. The number of hydrogen-bond acceptors (Lipinski definition) is 4. The summed E-state index contributed by atoms with van der Waals surface area (Å²) in [5.41, 5.74) is 3.73. The van der Waals surface area contributed by atoms with Crippen LogP contribution in [0.1, 0.15) is 17.4 Å².